The molecule has 0 unspecified atom stereocenters. The number of amidine groups is 1. The number of benzene rings is 2. The zero-order valence-corrected chi connectivity index (χ0v) is 20.4. The van der Waals surface area contributed by atoms with E-state index in [1.807, 2.05) is 19.1 Å². The number of anilines is 2. The number of ether oxygens (including phenoxy) is 2. The molecular formula is C26H27N7O4. The lowest BCUT2D eigenvalue weighted by Gasteiger charge is -2.21. The van der Waals surface area contributed by atoms with Crippen LogP contribution in [0.2, 0.25) is 0 Å². The number of aromatic amines is 1. The first kappa shape index (κ1) is 25.2. The number of esters is 1. The summed E-state index contributed by atoms with van der Waals surface area (Å²) in [7, 11) is 1.29. The molecular weight excluding hydrogens is 474 g/mol. The van der Waals surface area contributed by atoms with Gasteiger partial charge in [-0.2, -0.15) is 0 Å². The summed E-state index contributed by atoms with van der Waals surface area (Å²) in [6, 6.07) is 15.9. The fourth-order valence-electron chi connectivity index (χ4n) is 3.66. The number of imidazole rings is 1. The Morgan fingerprint density at radius 1 is 1.14 bits per heavy atom. The predicted octanol–water partition coefficient (Wildman–Crippen LogP) is 3.73. The Balaban J connectivity index is 1.49. The van der Waals surface area contributed by atoms with Crippen molar-refractivity contribution < 1.29 is 19.1 Å². The van der Waals surface area contributed by atoms with Gasteiger partial charge in [0, 0.05) is 29.6 Å². The van der Waals surface area contributed by atoms with E-state index >= 15 is 0 Å². The Bertz CT molecular complexity index is 1420. The number of nitrogens with zero attached hydrogens (tertiary/aromatic N) is 3. The molecule has 2 heterocycles. The Morgan fingerprint density at radius 3 is 2.59 bits per heavy atom. The largest absolute Gasteiger partial charge is 0.469 e. The van der Waals surface area contributed by atoms with Crippen molar-refractivity contribution >= 4 is 40.4 Å². The first-order valence-corrected chi connectivity index (χ1v) is 11.5. The molecule has 5 N–H and O–H groups in total. The minimum Gasteiger partial charge on any atom is -0.469 e. The molecule has 11 nitrogen and oxygen atoms in total. The van der Waals surface area contributed by atoms with Crippen LogP contribution in [-0.2, 0) is 16.1 Å². The first-order chi connectivity index (χ1) is 17.9. The standard InChI is InChI=1S/C26H27N7O4/c1-16-20(37-26(35)33(14-12-23(34)36-2)22-5-3-4-13-29-22)11-10-19-24(16)32-21(31-19)15-30-18-8-6-17(7-9-18)25(27)28/h3-11,13,30H,12,14-15H2,1-2H3,(H3,27,28)(H,31,32). The number of methoxy groups -OCH3 is 1. The van der Waals surface area contributed by atoms with Crippen molar-refractivity contribution in [1.82, 2.24) is 15.0 Å². The van der Waals surface area contributed by atoms with Crippen LogP contribution >= 0.6 is 0 Å². The maximum atomic E-state index is 13.1. The highest BCUT2D eigenvalue weighted by atomic mass is 16.6. The monoisotopic (exact) mass is 501 g/mol. The van der Waals surface area contributed by atoms with Crippen molar-refractivity contribution in [2.24, 2.45) is 5.73 Å². The summed E-state index contributed by atoms with van der Waals surface area (Å²) in [5.41, 5.74) is 9.17. The minimum absolute atomic E-state index is 0.00655. The molecule has 0 radical (unpaired) electrons. The van der Waals surface area contributed by atoms with Crippen molar-refractivity contribution in [1.29, 1.82) is 5.41 Å². The third-order valence-electron chi connectivity index (χ3n) is 5.67. The maximum absolute atomic E-state index is 13.1. The van der Waals surface area contributed by atoms with Crippen molar-refractivity contribution in [2.75, 3.05) is 23.9 Å². The van der Waals surface area contributed by atoms with Crippen LogP contribution in [0.3, 0.4) is 0 Å². The first-order valence-electron chi connectivity index (χ1n) is 11.5. The quantitative estimate of drug-likeness (QED) is 0.153. The maximum Gasteiger partial charge on any atom is 0.420 e. The second-order valence-electron chi connectivity index (χ2n) is 8.15. The molecule has 2 aromatic carbocycles. The highest BCUT2D eigenvalue weighted by Gasteiger charge is 2.22. The van der Waals surface area contributed by atoms with Gasteiger partial charge in [-0.05, 0) is 55.5 Å². The Morgan fingerprint density at radius 2 is 1.92 bits per heavy atom. The van der Waals surface area contributed by atoms with Crippen LogP contribution < -0.4 is 20.7 Å². The fraction of sp³-hybridized carbons (Fsp3) is 0.192. The Kier molecular flexibility index (Phi) is 7.62. The lowest BCUT2D eigenvalue weighted by Crippen LogP contribution is -2.36. The number of hydrogen-bond acceptors (Lipinski definition) is 8. The summed E-state index contributed by atoms with van der Waals surface area (Å²) in [5.74, 6) is 0.980. The second-order valence-corrected chi connectivity index (χ2v) is 8.15. The number of fused-ring (bicyclic) bond motifs is 1. The van der Waals surface area contributed by atoms with Crippen LogP contribution in [0.25, 0.3) is 11.0 Å². The number of nitrogens with two attached hydrogens (primary N) is 1. The molecule has 0 atom stereocenters. The fourth-order valence-corrected chi connectivity index (χ4v) is 3.66. The minimum atomic E-state index is -0.670. The van der Waals surface area contributed by atoms with E-state index < -0.39 is 12.1 Å². The topological polar surface area (TPSA) is 159 Å². The van der Waals surface area contributed by atoms with E-state index in [9.17, 15) is 9.59 Å². The van der Waals surface area contributed by atoms with Gasteiger partial charge in [0.25, 0.3) is 0 Å². The molecule has 0 bridgehead atoms. The number of nitrogens with one attached hydrogen (secondary N) is 3. The summed E-state index contributed by atoms with van der Waals surface area (Å²) >= 11 is 0. The zero-order valence-electron chi connectivity index (χ0n) is 20.4. The Hall–Kier alpha value is -4.93. The molecule has 0 spiro atoms. The van der Waals surface area contributed by atoms with Gasteiger partial charge in [0.05, 0.1) is 31.1 Å². The van der Waals surface area contributed by atoms with Crippen LogP contribution in [0.1, 0.15) is 23.4 Å². The molecule has 0 aliphatic carbocycles. The Labute approximate surface area is 213 Å². The molecule has 37 heavy (non-hydrogen) atoms. The number of nitrogen functional groups attached to an aromatic ring is 1. The van der Waals surface area contributed by atoms with Crippen LogP contribution in [0.15, 0.2) is 60.8 Å². The molecule has 0 saturated carbocycles. The van der Waals surface area contributed by atoms with Gasteiger partial charge >= 0.3 is 12.1 Å². The average Bonchev–Trinajstić information content (AvgIpc) is 3.34. The molecule has 0 aliphatic rings. The van der Waals surface area contributed by atoms with E-state index in [4.69, 9.17) is 20.6 Å². The molecule has 2 aromatic heterocycles. The smallest absolute Gasteiger partial charge is 0.420 e. The molecule has 0 aliphatic heterocycles. The van der Waals surface area contributed by atoms with Crippen LogP contribution in [0, 0.1) is 12.3 Å². The molecule has 1 amide bonds. The lowest BCUT2D eigenvalue weighted by atomic mass is 10.2. The number of rotatable bonds is 9. The molecule has 190 valence electrons. The number of carbonyl (C=O) groups is 2. The van der Waals surface area contributed by atoms with Gasteiger partial charge in [0.15, 0.2) is 0 Å². The van der Waals surface area contributed by atoms with E-state index in [-0.39, 0.29) is 18.8 Å². The second kappa shape index (κ2) is 11.2. The van der Waals surface area contributed by atoms with Gasteiger partial charge in [-0.25, -0.2) is 14.8 Å². The van der Waals surface area contributed by atoms with E-state index in [1.165, 1.54) is 12.0 Å². The van der Waals surface area contributed by atoms with Crippen molar-refractivity contribution in [3.63, 3.8) is 0 Å². The molecule has 4 rings (SSSR count). The summed E-state index contributed by atoms with van der Waals surface area (Å²) in [5, 5.41) is 10.8. The average molecular weight is 502 g/mol. The number of aromatic nitrogens is 3. The summed E-state index contributed by atoms with van der Waals surface area (Å²) in [6.07, 6.45) is 0.881. The molecule has 11 heteroatoms. The molecule has 4 aromatic rings. The number of amides is 1. The normalized spacial score (nSPS) is 10.6. The van der Waals surface area contributed by atoms with Gasteiger partial charge in [-0.15, -0.1) is 0 Å². The highest BCUT2D eigenvalue weighted by Crippen LogP contribution is 2.27. The zero-order chi connectivity index (χ0) is 26.4. The predicted molar refractivity (Wildman–Crippen MR) is 140 cm³/mol. The summed E-state index contributed by atoms with van der Waals surface area (Å²) < 4.78 is 10.4. The van der Waals surface area contributed by atoms with Crippen LogP contribution in [0.4, 0.5) is 16.3 Å². The lowest BCUT2D eigenvalue weighted by molar-refractivity contribution is -0.140. The van der Waals surface area contributed by atoms with Crippen LogP contribution in [0.5, 0.6) is 5.75 Å². The van der Waals surface area contributed by atoms with Crippen LogP contribution in [-0.4, -0.2) is 46.5 Å². The number of carbonyl (C=O) groups excluding carboxylic acids is 2. The van der Waals surface area contributed by atoms with Gasteiger partial charge in [-0.1, -0.05) is 6.07 Å². The molecule has 0 saturated heterocycles. The van der Waals surface area contributed by atoms with Gasteiger partial charge in [0.2, 0.25) is 0 Å². The van der Waals surface area contributed by atoms with Gasteiger partial charge in [0.1, 0.15) is 23.2 Å². The SMILES string of the molecule is COC(=O)CCN(C(=O)Oc1ccc2[nH]c(CNc3ccc(C(=N)N)cc3)nc2c1C)c1ccccn1. The van der Waals surface area contributed by atoms with E-state index in [1.54, 1.807) is 48.7 Å². The number of aryl methyl sites for hydroxylation is 1. The number of hydrogen-bond donors (Lipinski definition) is 4. The summed E-state index contributed by atoms with van der Waals surface area (Å²) in [6.45, 7) is 2.31. The summed E-state index contributed by atoms with van der Waals surface area (Å²) in [4.78, 5) is 38.2. The highest BCUT2D eigenvalue weighted by molar-refractivity contribution is 5.95. The third-order valence-corrected chi connectivity index (χ3v) is 5.67. The van der Waals surface area contributed by atoms with Crippen molar-refractivity contribution in [3.05, 3.63) is 77.7 Å². The third kappa shape index (κ3) is 6.01. The van der Waals surface area contributed by atoms with E-state index in [0.717, 1.165) is 11.2 Å². The van der Waals surface area contributed by atoms with Gasteiger partial charge in [-0.3, -0.25) is 15.1 Å². The molecule has 0 fully saturated rings. The van der Waals surface area contributed by atoms with Gasteiger partial charge < -0.3 is 25.5 Å². The van der Waals surface area contributed by atoms with E-state index in [0.29, 0.717) is 40.6 Å². The van der Waals surface area contributed by atoms with Crippen molar-refractivity contribution in [3.8, 4) is 5.75 Å². The van der Waals surface area contributed by atoms with E-state index in [2.05, 4.69) is 20.3 Å². The number of H-pyrrole nitrogens is 1. The van der Waals surface area contributed by atoms with Crippen molar-refractivity contribution in [2.45, 2.75) is 19.9 Å². The number of pyridine rings is 1.